The molecule has 0 unspecified atom stereocenters. The third kappa shape index (κ3) is 0.940. The molecule has 12 heavy (non-hydrogen) atoms. The number of fused-ring (bicyclic) bond motifs is 1. The molecule has 0 aliphatic heterocycles. The summed E-state index contributed by atoms with van der Waals surface area (Å²) in [5.74, 6) is 0.194. The highest BCUT2D eigenvalue weighted by Gasteiger charge is 2.07. The summed E-state index contributed by atoms with van der Waals surface area (Å²) in [6.07, 6.45) is 0. The van der Waals surface area contributed by atoms with E-state index in [9.17, 15) is 5.11 Å². The number of aromatic hydroxyl groups is 1. The van der Waals surface area contributed by atoms with Gasteiger partial charge in [0.25, 0.3) is 0 Å². The van der Waals surface area contributed by atoms with Crippen LogP contribution in [0.5, 0.6) is 5.75 Å². The zero-order valence-electron chi connectivity index (χ0n) is 6.04. The van der Waals surface area contributed by atoms with Gasteiger partial charge in [0.15, 0.2) is 0 Å². The van der Waals surface area contributed by atoms with E-state index in [2.05, 4.69) is 0 Å². The summed E-state index contributed by atoms with van der Waals surface area (Å²) in [5.41, 5.74) is 6.23. The summed E-state index contributed by atoms with van der Waals surface area (Å²) >= 11 is 7.22. The second-order valence-corrected chi connectivity index (χ2v) is 3.78. The summed E-state index contributed by atoms with van der Waals surface area (Å²) in [7, 11) is 0. The number of hydrogen-bond acceptors (Lipinski definition) is 3. The van der Waals surface area contributed by atoms with Crippen molar-refractivity contribution in [2.45, 2.75) is 0 Å². The number of phenolic OH excluding ortho intramolecular Hbond substituents is 1. The predicted molar refractivity (Wildman–Crippen MR) is 52.9 cm³/mol. The quantitative estimate of drug-likeness (QED) is 0.506. The minimum Gasteiger partial charge on any atom is -0.506 e. The lowest BCUT2D eigenvalue weighted by Crippen LogP contribution is -1.86. The number of hydrogen-bond donors (Lipinski definition) is 2. The molecule has 1 aromatic heterocycles. The van der Waals surface area contributed by atoms with Crippen molar-refractivity contribution < 1.29 is 5.11 Å². The van der Waals surface area contributed by atoms with Gasteiger partial charge in [-0.1, -0.05) is 11.6 Å². The fourth-order valence-electron chi connectivity index (χ4n) is 1.11. The number of nitrogens with two attached hydrogens (primary N) is 1. The SMILES string of the molecule is Nc1c(Cl)cc(O)c2sccc12. The third-order valence-electron chi connectivity index (χ3n) is 1.71. The molecule has 62 valence electrons. The van der Waals surface area contributed by atoms with E-state index in [0.717, 1.165) is 10.1 Å². The monoisotopic (exact) mass is 199 g/mol. The molecule has 0 amide bonds. The van der Waals surface area contributed by atoms with Gasteiger partial charge in [0.05, 0.1) is 15.4 Å². The average molecular weight is 200 g/mol. The van der Waals surface area contributed by atoms with Crippen molar-refractivity contribution in [2.24, 2.45) is 0 Å². The van der Waals surface area contributed by atoms with Gasteiger partial charge in [-0.15, -0.1) is 11.3 Å². The van der Waals surface area contributed by atoms with Crippen LogP contribution in [0, 0.1) is 0 Å². The number of thiophene rings is 1. The van der Waals surface area contributed by atoms with Gasteiger partial charge >= 0.3 is 0 Å². The van der Waals surface area contributed by atoms with Crippen LogP contribution in [-0.4, -0.2) is 5.11 Å². The molecule has 2 aromatic rings. The normalized spacial score (nSPS) is 10.8. The van der Waals surface area contributed by atoms with Crippen LogP contribution >= 0.6 is 22.9 Å². The lowest BCUT2D eigenvalue weighted by Gasteiger charge is -2.01. The second-order valence-electron chi connectivity index (χ2n) is 2.45. The van der Waals surface area contributed by atoms with Gasteiger partial charge in [-0.05, 0) is 11.4 Å². The molecule has 0 spiro atoms. The lowest BCUT2D eigenvalue weighted by molar-refractivity contribution is 0.482. The van der Waals surface area contributed by atoms with E-state index in [4.69, 9.17) is 17.3 Å². The fourth-order valence-corrected chi connectivity index (χ4v) is 2.14. The molecule has 0 aliphatic rings. The zero-order chi connectivity index (χ0) is 8.72. The van der Waals surface area contributed by atoms with Crippen LogP contribution in [0.4, 0.5) is 5.69 Å². The Kier molecular flexibility index (Phi) is 1.63. The molecular weight excluding hydrogens is 194 g/mol. The number of nitrogen functional groups attached to an aromatic ring is 1. The summed E-state index contributed by atoms with van der Waals surface area (Å²) in [4.78, 5) is 0. The molecule has 0 aliphatic carbocycles. The van der Waals surface area contributed by atoms with Crippen molar-refractivity contribution in [3.63, 3.8) is 0 Å². The van der Waals surface area contributed by atoms with E-state index in [-0.39, 0.29) is 5.75 Å². The highest BCUT2D eigenvalue weighted by molar-refractivity contribution is 7.17. The van der Waals surface area contributed by atoms with Crippen LogP contribution in [0.1, 0.15) is 0 Å². The predicted octanol–water partition coefficient (Wildman–Crippen LogP) is 2.84. The lowest BCUT2D eigenvalue weighted by atomic mass is 10.2. The first-order valence-corrected chi connectivity index (χ1v) is 4.60. The van der Waals surface area contributed by atoms with Gasteiger partial charge in [-0.25, -0.2) is 0 Å². The Bertz CT molecular complexity index is 438. The summed E-state index contributed by atoms with van der Waals surface area (Å²) < 4.78 is 0.789. The highest BCUT2D eigenvalue weighted by atomic mass is 35.5. The number of rotatable bonds is 0. The van der Waals surface area contributed by atoms with Gasteiger partial charge in [0.2, 0.25) is 0 Å². The molecule has 0 fully saturated rings. The van der Waals surface area contributed by atoms with Crippen LogP contribution in [0.15, 0.2) is 17.5 Å². The molecule has 1 aromatic carbocycles. The highest BCUT2D eigenvalue weighted by Crippen LogP contribution is 2.38. The first-order valence-electron chi connectivity index (χ1n) is 3.34. The molecule has 0 saturated carbocycles. The minimum atomic E-state index is 0.194. The maximum absolute atomic E-state index is 9.44. The standard InChI is InChI=1S/C8H6ClNOS/c9-5-3-6(11)8-4(7(5)10)1-2-12-8/h1-3,11H,10H2. The van der Waals surface area contributed by atoms with E-state index in [0.29, 0.717) is 10.7 Å². The van der Waals surface area contributed by atoms with Crippen molar-refractivity contribution in [3.8, 4) is 5.75 Å². The van der Waals surface area contributed by atoms with Gasteiger partial charge < -0.3 is 10.8 Å². The first kappa shape index (κ1) is 7.71. The number of phenols is 1. The average Bonchev–Trinajstić information content (AvgIpc) is 2.48. The molecule has 0 bridgehead atoms. The van der Waals surface area contributed by atoms with Gasteiger partial charge in [-0.2, -0.15) is 0 Å². The third-order valence-corrected chi connectivity index (χ3v) is 2.96. The van der Waals surface area contributed by atoms with Crippen molar-refractivity contribution in [3.05, 3.63) is 22.5 Å². The van der Waals surface area contributed by atoms with Gasteiger partial charge in [0.1, 0.15) is 5.75 Å². The van der Waals surface area contributed by atoms with Crippen LogP contribution in [0.3, 0.4) is 0 Å². The van der Waals surface area contributed by atoms with Crippen molar-refractivity contribution in [1.29, 1.82) is 0 Å². The first-order chi connectivity index (χ1) is 5.70. The van der Waals surface area contributed by atoms with Crippen molar-refractivity contribution in [2.75, 3.05) is 5.73 Å². The van der Waals surface area contributed by atoms with Crippen LogP contribution < -0.4 is 5.73 Å². The maximum atomic E-state index is 9.44. The molecule has 1 heterocycles. The Morgan fingerprint density at radius 3 is 3.00 bits per heavy atom. The van der Waals surface area contributed by atoms with E-state index in [1.807, 2.05) is 11.4 Å². The zero-order valence-corrected chi connectivity index (χ0v) is 7.62. The summed E-state index contributed by atoms with van der Waals surface area (Å²) in [6.45, 7) is 0. The number of halogens is 1. The Hall–Kier alpha value is -0.930. The second kappa shape index (κ2) is 2.54. The number of benzene rings is 1. The van der Waals surface area contributed by atoms with Crippen LogP contribution in [0.25, 0.3) is 10.1 Å². The largest absolute Gasteiger partial charge is 0.506 e. The van der Waals surface area contributed by atoms with Gasteiger partial charge in [-0.3, -0.25) is 0 Å². The van der Waals surface area contributed by atoms with E-state index < -0.39 is 0 Å². The summed E-state index contributed by atoms with van der Waals surface area (Å²) in [6, 6.07) is 3.32. The molecule has 0 atom stereocenters. The van der Waals surface area contributed by atoms with E-state index in [1.54, 1.807) is 0 Å². The Balaban J connectivity index is 2.97. The Labute approximate surface area is 78.2 Å². The topological polar surface area (TPSA) is 46.2 Å². The Morgan fingerprint density at radius 2 is 2.25 bits per heavy atom. The maximum Gasteiger partial charge on any atom is 0.135 e. The van der Waals surface area contributed by atoms with E-state index >= 15 is 0 Å². The molecule has 0 radical (unpaired) electrons. The van der Waals surface area contributed by atoms with Crippen LogP contribution in [-0.2, 0) is 0 Å². The molecule has 2 rings (SSSR count). The smallest absolute Gasteiger partial charge is 0.135 e. The summed E-state index contributed by atoms with van der Waals surface area (Å²) in [5, 5.41) is 12.5. The number of anilines is 1. The molecule has 4 heteroatoms. The van der Waals surface area contributed by atoms with Crippen molar-refractivity contribution >= 4 is 38.7 Å². The fraction of sp³-hybridized carbons (Fsp3) is 0. The molecule has 2 nitrogen and oxygen atoms in total. The van der Waals surface area contributed by atoms with Gasteiger partial charge in [0, 0.05) is 11.5 Å². The molecule has 3 N–H and O–H groups in total. The molecule has 0 saturated heterocycles. The molecular formula is C8H6ClNOS. The minimum absolute atomic E-state index is 0.194. The van der Waals surface area contributed by atoms with Crippen LogP contribution in [0.2, 0.25) is 5.02 Å². The van der Waals surface area contributed by atoms with Crippen molar-refractivity contribution in [1.82, 2.24) is 0 Å². The van der Waals surface area contributed by atoms with E-state index in [1.165, 1.54) is 17.4 Å². The Morgan fingerprint density at radius 1 is 1.50 bits per heavy atom.